The van der Waals surface area contributed by atoms with Crippen LogP contribution in [0.5, 0.6) is 0 Å². The highest BCUT2D eigenvalue weighted by Crippen LogP contribution is 2.27. The zero-order valence-corrected chi connectivity index (χ0v) is 11.3. The molecule has 3 heteroatoms. The second kappa shape index (κ2) is 5.11. The summed E-state index contributed by atoms with van der Waals surface area (Å²) >= 11 is 0. The van der Waals surface area contributed by atoms with E-state index in [9.17, 15) is 4.79 Å². The number of aliphatic carboxylic acids is 1. The van der Waals surface area contributed by atoms with Gasteiger partial charge in [0, 0.05) is 12.6 Å². The molecule has 0 aliphatic carbocycles. The van der Waals surface area contributed by atoms with E-state index in [0.29, 0.717) is 0 Å². The number of hydrogen-bond acceptors (Lipinski definition) is 2. The van der Waals surface area contributed by atoms with Crippen molar-refractivity contribution in [3.8, 4) is 0 Å². The van der Waals surface area contributed by atoms with E-state index < -0.39 is 5.97 Å². The minimum atomic E-state index is -0.661. The number of hydrogen-bond donors (Lipinski definition) is 1. The van der Waals surface area contributed by atoms with Crippen LogP contribution in [0.15, 0.2) is 18.2 Å². The summed E-state index contributed by atoms with van der Waals surface area (Å²) in [5.74, 6) is -0.874. The number of aryl methyl sites for hydroxylation is 2. The van der Waals surface area contributed by atoms with Crippen molar-refractivity contribution in [2.45, 2.75) is 39.8 Å². The summed E-state index contributed by atoms with van der Waals surface area (Å²) in [6.45, 7) is 8.02. The van der Waals surface area contributed by atoms with Crippen LogP contribution in [-0.2, 0) is 11.3 Å². The lowest BCUT2D eigenvalue weighted by Gasteiger charge is -2.24. The van der Waals surface area contributed by atoms with Crippen LogP contribution in [0, 0.1) is 19.8 Å². The molecule has 1 aromatic carbocycles. The molecule has 2 atom stereocenters. The molecule has 1 saturated heterocycles. The molecule has 18 heavy (non-hydrogen) atoms. The van der Waals surface area contributed by atoms with Gasteiger partial charge in [-0.05, 0) is 50.4 Å². The van der Waals surface area contributed by atoms with Gasteiger partial charge in [-0.2, -0.15) is 0 Å². The number of likely N-dealkylation sites (tertiary alicyclic amines) is 1. The van der Waals surface area contributed by atoms with Crippen LogP contribution in [0.4, 0.5) is 0 Å². The Kier molecular flexibility index (Phi) is 3.71. The maximum atomic E-state index is 11.1. The number of carboxylic acids is 1. The van der Waals surface area contributed by atoms with Crippen molar-refractivity contribution in [3.63, 3.8) is 0 Å². The van der Waals surface area contributed by atoms with E-state index in [1.165, 1.54) is 16.7 Å². The third-order valence-electron chi connectivity index (χ3n) is 4.21. The Balaban J connectivity index is 2.14. The lowest BCUT2D eigenvalue weighted by molar-refractivity contribution is -0.142. The van der Waals surface area contributed by atoms with Crippen molar-refractivity contribution in [1.82, 2.24) is 4.90 Å². The van der Waals surface area contributed by atoms with Gasteiger partial charge in [-0.1, -0.05) is 18.2 Å². The summed E-state index contributed by atoms with van der Waals surface area (Å²) in [5, 5.41) is 9.15. The molecule has 0 aromatic heterocycles. The van der Waals surface area contributed by atoms with Gasteiger partial charge in [0.2, 0.25) is 0 Å². The topological polar surface area (TPSA) is 40.5 Å². The Bertz CT molecular complexity index is 436. The Morgan fingerprint density at radius 2 is 2.00 bits per heavy atom. The number of rotatable bonds is 3. The molecule has 98 valence electrons. The first-order valence-corrected chi connectivity index (χ1v) is 6.52. The molecule has 2 unspecified atom stereocenters. The molecule has 1 heterocycles. The monoisotopic (exact) mass is 247 g/mol. The fraction of sp³-hybridized carbons (Fsp3) is 0.533. The average Bonchev–Trinajstić information content (AvgIpc) is 2.66. The number of carbonyl (C=O) groups is 1. The van der Waals surface area contributed by atoms with Gasteiger partial charge >= 0.3 is 5.97 Å². The molecule has 0 spiro atoms. The van der Waals surface area contributed by atoms with Gasteiger partial charge in [0.05, 0.1) is 5.92 Å². The third-order valence-corrected chi connectivity index (χ3v) is 4.21. The maximum absolute atomic E-state index is 11.1. The molecule has 0 amide bonds. The summed E-state index contributed by atoms with van der Waals surface area (Å²) in [4.78, 5) is 13.4. The van der Waals surface area contributed by atoms with Crippen LogP contribution < -0.4 is 0 Å². The molecule has 1 fully saturated rings. The van der Waals surface area contributed by atoms with E-state index in [1.807, 2.05) is 6.92 Å². The second-order valence-electron chi connectivity index (χ2n) is 5.31. The van der Waals surface area contributed by atoms with Crippen LogP contribution in [0.3, 0.4) is 0 Å². The Labute approximate surface area is 108 Å². The second-order valence-corrected chi connectivity index (χ2v) is 5.31. The number of benzene rings is 1. The number of nitrogens with zero attached hydrogens (tertiary/aromatic N) is 1. The molecule has 2 rings (SSSR count). The Hall–Kier alpha value is -1.35. The van der Waals surface area contributed by atoms with Gasteiger partial charge in [-0.3, -0.25) is 9.69 Å². The highest BCUT2D eigenvalue weighted by atomic mass is 16.4. The molecule has 3 nitrogen and oxygen atoms in total. The van der Waals surface area contributed by atoms with Crippen LogP contribution in [0.25, 0.3) is 0 Å². The quantitative estimate of drug-likeness (QED) is 0.892. The molecule has 1 aromatic rings. The zero-order valence-electron chi connectivity index (χ0n) is 11.3. The molecule has 1 aliphatic rings. The van der Waals surface area contributed by atoms with E-state index in [0.717, 1.165) is 19.5 Å². The molecule has 1 N–H and O–H groups in total. The van der Waals surface area contributed by atoms with Crippen molar-refractivity contribution in [2.24, 2.45) is 5.92 Å². The van der Waals surface area contributed by atoms with E-state index in [4.69, 9.17) is 5.11 Å². The van der Waals surface area contributed by atoms with E-state index in [-0.39, 0.29) is 12.0 Å². The fourth-order valence-electron chi connectivity index (χ4n) is 2.86. The molecular weight excluding hydrogens is 226 g/mol. The van der Waals surface area contributed by atoms with Crippen LogP contribution >= 0.6 is 0 Å². The molecular formula is C15H21NO2. The largest absolute Gasteiger partial charge is 0.481 e. The highest BCUT2D eigenvalue weighted by molar-refractivity contribution is 5.71. The first-order valence-electron chi connectivity index (χ1n) is 6.52. The third kappa shape index (κ3) is 2.41. The fourth-order valence-corrected chi connectivity index (χ4v) is 2.86. The Morgan fingerprint density at radius 1 is 1.39 bits per heavy atom. The predicted octanol–water partition coefficient (Wildman–Crippen LogP) is 2.60. The lowest BCUT2D eigenvalue weighted by Crippen LogP contribution is -2.32. The van der Waals surface area contributed by atoms with Crippen LogP contribution in [0.1, 0.15) is 30.0 Å². The maximum Gasteiger partial charge on any atom is 0.308 e. The summed E-state index contributed by atoms with van der Waals surface area (Å²) in [6.07, 6.45) is 0.765. The molecule has 0 radical (unpaired) electrons. The van der Waals surface area contributed by atoms with Gasteiger partial charge in [0.25, 0.3) is 0 Å². The SMILES string of the molecule is Cc1cccc(C)c1CN1CCC(C(=O)O)C1C. The van der Waals surface area contributed by atoms with Crippen LogP contribution in [0.2, 0.25) is 0 Å². The first kappa shape index (κ1) is 13.1. The van der Waals surface area contributed by atoms with Gasteiger partial charge in [0.15, 0.2) is 0 Å². The summed E-state index contributed by atoms with van der Waals surface area (Å²) in [5.41, 5.74) is 3.93. The van der Waals surface area contributed by atoms with E-state index >= 15 is 0 Å². The molecule has 0 saturated carbocycles. The van der Waals surface area contributed by atoms with Gasteiger partial charge in [-0.15, -0.1) is 0 Å². The molecule has 0 bridgehead atoms. The summed E-state index contributed by atoms with van der Waals surface area (Å²) in [6, 6.07) is 6.44. The van der Waals surface area contributed by atoms with Crippen molar-refractivity contribution < 1.29 is 9.90 Å². The normalized spacial score (nSPS) is 24.4. The van der Waals surface area contributed by atoms with E-state index in [1.54, 1.807) is 0 Å². The molecule has 1 aliphatic heterocycles. The minimum absolute atomic E-state index is 0.126. The first-order chi connectivity index (χ1) is 8.50. The standard InChI is InChI=1S/C15H21NO2/c1-10-5-4-6-11(2)14(10)9-16-8-7-13(12(16)3)15(17)18/h4-6,12-13H,7-9H2,1-3H3,(H,17,18). The zero-order chi connectivity index (χ0) is 13.3. The smallest absolute Gasteiger partial charge is 0.308 e. The van der Waals surface area contributed by atoms with Gasteiger partial charge in [-0.25, -0.2) is 0 Å². The van der Waals surface area contributed by atoms with Gasteiger partial charge < -0.3 is 5.11 Å². The Morgan fingerprint density at radius 3 is 2.50 bits per heavy atom. The van der Waals surface area contributed by atoms with Crippen LogP contribution in [-0.4, -0.2) is 28.6 Å². The highest BCUT2D eigenvalue weighted by Gasteiger charge is 2.35. The van der Waals surface area contributed by atoms with Crippen molar-refractivity contribution in [1.29, 1.82) is 0 Å². The summed E-state index contributed by atoms with van der Waals surface area (Å²) in [7, 11) is 0. The minimum Gasteiger partial charge on any atom is -0.481 e. The van der Waals surface area contributed by atoms with Crippen molar-refractivity contribution >= 4 is 5.97 Å². The van der Waals surface area contributed by atoms with Crippen molar-refractivity contribution in [3.05, 3.63) is 34.9 Å². The van der Waals surface area contributed by atoms with Crippen molar-refractivity contribution in [2.75, 3.05) is 6.54 Å². The van der Waals surface area contributed by atoms with E-state index in [2.05, 4.69) is 36.9 Å². The lowest BCUT2D eigenvalue weighted by atomic mass is 10.0. The van der Waals surface area contributed by atoms with Gasteiger partial charge in [0.1, 0.15) is 0 Å². The predicted molar refractivity (Wildman–Crippen MR) is 71.5 cm³/mol. The summed E-state index contributed by atoms with van der Waals surface area (Å²) < 4.78 is 0. The number of carboxylic acid groups (broad SMARTS) is 1. The average molecular weight is 247 g/mol.